The molecule has 0 saturated carbocycles. The van der Waals surface area contributed by atoms with Gasteiger partial charge < -0.3 is 5.73 Å². The first-order chi connectivity index (χ1) is 9.09. The van der Waals surface area contributed by atoms with E-state index in [9.17, 15) is 0 Å². The van der Waals surface area contributed by atoms with Gasteiger partial charge in [0.05, 0.1) is 10.0 Å². The number of benzene rings is 1. The number of anilines is 1. The second-order valence-electron chi connectivity index (χ2n) is 4.33. The molecule has 0 radical (unpaired) electrons. The summed E-state index contributed by atoms with van der Waals surface area (Å²) in [4.78, 5) is 4.58. The highest BCUT2D eigenvalue weighted by atomic mass is 35.5. The molecule has 19 heavy (non-hydrogen) atoms. The second kappa shape index (κ2) is 4.44. The van der Waals surface area contributed by atoms with E-state index >= 15 is 0 Å². The smallest absolute Gasteiger partial charge is 0.142 e. The molecule has 0 saturated heterocycles. The van der Waals surface area contributed by atoms with Gasteiger partial charge in [-0.15, -0.1) is 0 Å². The summed E-state index contributed by atoms with van der Waals surface area (Å²) in [6, 6.07) is 9.36. The van der Waals surface area contributed by atoms with Crippen LogP contribution in [-0.2, 0) is 0 Å². The van der Waals surface area contributed by atoms with Gasteiger partial charge in [0.25, 0.3) is 0 Å². The number of rotatable bonds is 1. The molecule has 0 aliphatic rings. The van der Waals surface area contributed by atoms with E-state index in [1.807, 2.05) is 41.8 Å². The van der Waals surface area contributed by atoms with Crippen LogP contribution in [0, 0.1) is 6.92 Å². The summed E-state index contributed by atoms with van der Waals surface area (Å²) in [6.07, 6.45) is 1.88. The number of fused-ring (bicyclic) bond motifs is 1. The molecule has 0 spiro atoms. The Morgan fingerprint density at radius 1 is 1.16 bits per heavy atom. The molecule has 2 aromatic heterocycles. The molecular weight excluding hydrogens is 281 g/mol. The Balaban J connectivity index is 2.35. The number of nitrogen functional groups attached to an aromatic ring is 1. The van der Waals surface area contributed by atoms with Crippen LogP contribution in [0.5, 0.6) is 0 Å². The summed E-state index contributed by atoms with van der Waals surface area (Å²) in [5.41, 5.74) is 9.44. The molecule has 0 atom stereocenters. The fraction of sp³-hybridized carbons (Fsp3) is 0.0714. The lowest BCUT2D eigenvalue weighted by Gasteiger charge is -2.03. The fourth-order valence-electron chi connectivity index (χ4n) is 2.11. The number of nitrogens with zero attached hydrogens (tertiary/aromatic N) is 2. The third-order valence-electron chi connectivity index (χ3n) is 3.09. The minimum atomic E-state index is 0.469. The van der Waals surface area contributed by atoms with Gasteiger partial charge in [-0.3, -0.25) is 4.40 Å². The fourth-order valence-corrected chi connectivity index (χ4v) is 2.50. The monoisotopic (exact) mass is 291 g/mol. The highest BCUT2D eigenvalue weighted by Crippen LogP contribution is 2.36. The topological polar surface area (TPSA) is 43.3 Å². The number of nitrogens with two attached hydrogens (primary N) is 1. The molecule has 0 unspecified atom stereocenters. The Labute approximate surface area is 120 Å². The molecule has 96 valence electrons. The number of hydrogen-bond acceptors (Lipinski definition) is 2. The van der Waals surface area contributed by atoms with Crippen LogP contribution in [0.3, 0.4) is 0 Å². The van der Waals surface area contributed by atoms with Gasteiger partial charge in [0.2, 0.25) is 0 Å². The van der Waals surface area contributed by atoms with Crippen LogP contribution in [0.1, 0.15) is 5.56 Å². The molecule has 0 aliphatic heterocycles. The van der Waals surface area contributed by atoms with Crippen LogP contribution in [0.2, 0.25) is 10.0 Å². The van der Waals surface area contributed by atoms with Gasteiger partial charge in [0.1, 0.15) is 17.2 Å². The van der Waals surface area contributed by atoms with Crippen molar-refractivity contribution in [3.8, 4) is 11.3 Å². The minimum absolute atomic E-state index is 0.469. The molecule has 0 aliphatic carbocycles. The van der Waals surface area contributed by atoms with Gasteiger partial charge in [-0.2, -0.15) is 0 Å². The number of imidazole rings is 1. The van der Waals surface area contributed by atoms with E-state index in [0.29, 0.717) is 21.6 Å². The number of aromatic nitrogens is 2. The standard InChI is InChI=1S/C14H11Cl2N3/c1-8-4-3-7-19-13(17)12(18-14(8)19)9-5-2-6-10(15)11(9)16/h2-7H,17H2,1H3. The van der Waals surface area contributed by atoms with Crippen molar-refractivity contribution in [2.75, 3.05) is 5.73 Å². The zero-order chi connectivity index (χ0) is 13.6. The predicted molar refractivity (Wildman–Crippen MR) is 79.8 cm³/mol. The number of halogens is 2. The zero-order valence-electron chi connectivity index (χ0n) is 10.2. The van der Waals surface area contributed by atoms with Gasteiger partial charge >= 0.3 is 0 Å². The number of aryl methyl sites for hydroxylation is 1. The van der Waals surface area contributed by atoms with Crippen molar-refractivity contribution in [1.82, 2.24) is 9.38 Å². The van der Waals surface area contributed by atoms with E-state index in [4.69, 9.17) is 28.9 Å². The van der Waals surface area contributed by atoms with Crippen LogP contribution in [-0.4, -0.2) is 9.38 Å². The molecule has 3 rings (SSSR count). The van der Waals surface area contributed by atoms with E-state index in [2.05, 4.69) is 4.98 Å². The van der Waals surface area contributed by atoms with Gasteiger partial charge in [0.15, 0.2) is 0 Å². The molecule has 3 aromatic rings. The Morgan fingerprint density at radius 2 is 1.95 bits per heavy atom. The lowest BCUT2D eigenvalue weighted by molar-refractivity contribution is 1.17. The lowest BCUT2D eigenvalue weighted by Crippen LogP contribution is -1.94. The molecule has 5 heteroatoms. The molecule has 1 aromatic carbocycles. The van der Waals surface area contributed by atoms with E-state index in [0.717, 1.165) is 16.8 Å². The maximum absolute atomic E-state index is 6.23. The average Bonchev–Trinajstić information content (AvgIpc) is 2.72. The first-order valence-corrected chi connectivity index (χ1v) is 6.52. The highest BCUT2D eigenvalue weighted by molar-refractivity contribution is 6.43. The zero-order valence-corrected chi connectivity index (χ0v) is 11.7. The molecule has 2 heterocycles. The summed E-state index contributed by atoms with van der Waals surface area (Å²) in [7, 11) is 0. The summed E-state index contributed by atoms with van der Waals surface area (Å²) >= 11 is 12.3. The van der Waals surface area contributed by atoms with Gasteiger partial charge in [-0.25, -0.2) is 4.98 Å². The molecular formula is C14H11Cl2N3. The second-order valence-corrected chi connectivity index (χ2v) is 5.12. The summed E-state index contributed by atoms with van der Waals surface area (Å²) in [5.74, 6) is 0.558. The van der Waals surface area contributed by atoms with Crippen molar-refractivity contribution in [1.29, 1.82) is 0 Å². The van der Waals surface area contributed by atoms with Crippen LogP contribution in [0.15, 0.2) is 36.5 Å². The summed E-state index contributed by atoms with van der Waals surface area (Å²) in [5, 5.41) is 0.962. The van der Waals surface area contributed by atoms with Crippen LogP contribution < -0.4 is 5.73 Å². The first kappa shape index (κ1) is 12.3. The first-order valence-electron chi connectivity index (χ1n) is 5.77. The van der Waals surface area contributed by atoms with Gasteiger partial charge in [0, 0.05) is 11.8 Å². The van der Waals surface area contributed by atoms with Crippen molar-refractivity contribution in [3.05, 3.63) is 52.1 Å². The lowest BCUT2D eigenvalue weighted by atomic mass is 10.1. The van der Waals surface area contributed by atoms with Crippen molar-refractivity contribution in [2.24, 2.45) is 0 Å². The van der Waals surface area contributed by atoms with Crippen molar-refractivity contribution in [3.63, 3.8) is 0 Å². The minimum Gasteiger partial charge on any atom is -0.383 e. The Kier molecular flexibility index (Phi) is 2.88. The summed E-state index contributed by atoms with van der Waals surface area (Å²) < 4.78 is 1.85. The summed E-state index contributed by atoms with van der Waals surface area (Å²) in [6.45, 7) is 1.99. The Morgan fingerprint density at radius 3 is 2.68 bits per heavy atom. The van der Waals surface area contributed by atoms with Gasteiger partial charge in [-0.1, -0.05) is 41.4 Å². The van der Waals surface area contributed by atoms with E-state index in [-0.39, 0.29) is 0 Å². The molecule has 0 amide bonds. The van der Waals surface area contributed by atoms with Crippen molar-refractivity contribution < 1.29 is 0 Å². The third-order valence-corrected chi connectivity index (χ3v) is 3.91. The van der Waals surface area contributed by atoms with Crippen LogP contribution in [0.25, 0.3) is 16.9 Å². The Hall–Kier alpha value is -1.71. The Bertz CT molecular complexity index is 778. The molecule has 3 nitrogen and oxygen atoms in total. The molecule has 2 N–H and O–H groups in total. The van der Waals surface area contributed by atoms with Gasteiger partial charge in [-0.05, 0) is 24.6 Å². The highest BCUT2D eigenvalue weighted by Gasteiger charge is 2.16. The van der Waals surface area contributed by atoms with E-state index in [1.54, 1.807) is 6.07 Å². The van der Waals surface area contributed by atoms with Crippen LogP contribution >= 0.6 is 23.2 Å². The largest absolute Gasteiger partial charge is 0.383 e. The maximum Gasteiger partial charge on any atom is 0.142 e. The third kappa shape index (κ3) is 1.86. The number of hydrogen-bond donors (Lipinski definition) is 1. The van der Waals surface area contributed by atoms with Crippen molar-refractivity contribution in [2.45, 2.75) is 6.92 Å². The van der Waals surface area contributed by atoms with Crippen LogP contribution in [0.4, 0.5) is 5.82 Å². The SMILES string of the molecule is Cc1cccn2c(N)c(-c3cccc(Cl)c3Cl)nc12. The molecule has 0 bridgehead atoms. The predicted octanol–water partition coefficient (Wildman–Crippen LogP) is 4.20. The molecule has 0 fully saturated rings. The maximum atomic E-state index is 6.23. The van der Waals surface area contributed by atoms with E-state index < -0.39 is 0 Å². The normalized spacial score (nSPS) is 11.1. The average molecular weight is 292 g/mol. The quantitative estimate of drug-likeness (QED) is 0.730. The van der Waals surface area contributed by atoms with Crippen molar-refractivity contribution >= 4 is 34.7 Å². The number of pyridine rings is 1. The van der Waals surface area contributed by atoms with E-state index in [1.165, 1.54) is 0 Å².